The van der Waals surface area contributed by atoms with Crippen molar-refractivity contribution >= 4 is 18.1 Å². The summed E-state index contributed by atoms with van der Waals surface area (Å²) in [6.45, 7) is 6.93. The Hall–Kier alpha value is -1.79. The Bertz CT molecular complexity index is 338. The molecule has 21 heavy (non-hydrogen) atoms. The third kappa shape index (κ3) is 10.6. The van der Waals surface area contributed by atoms with Gasteiger partial charge in [-0.1, -0.05) is 27.7 Å². The minimum atomic E-state index is -0.844. The molecule has 0 fully saturated rings. The molecule has 0 aliphatic rings. The fourth-order valence-corrected chi connectivity index (χ4v) is 1.11. The molecule has 0 saturated heterocycles. The number of hydrogen-bond donors (Lipinski definition) is 0. The summed E-state index contributed by atoms with van der Waals surface area (Å²) in [7, 11) is 0. The quantitative estimate of drug-likeness (QED) is 0.476. The van der Waals surface area contributed by atoms with Gasteiger partial charge in [0.05, 0.1) is 6.61 Å². The average molecular weight is 304 g/mol. The normalized spacial score (nSPS) is 11.7. The minimum Gasteiger partial charge on any atom is -0.462 e. The fraction of sp³-hybridized carbons (Fsp3) is 0.786. The first-order valence-corrected chi connectivity index (χ1v) is 7.03. The summed E-state index contributed by atoms with van der Waals surface area (Å²) in [5.74, 6) is -0.696. The summed E-state index contributed by atoms with van der Waals surface area (Å²) in [4.78, 5) is 33.7. The summed E-state index contributed by atoms with van der Waals surface area (Å²) < 4.78 is 19.6. The fourth-order valence-electron chi connectivity index (χ4n) is 1.11. The summed E-state index contributed by atoms with van der Waals surface area (Å²) in [5.41, 5.74) is 0. The standard InChI is InChI=1S/C14H24O7/c1-5-12(15)18-8-11(21-13(16)6-2)9-20-14(17)19-7-10(3)4/h10-11H,5-9H2,1-4H3. The van der Waals surface area contributed by atoms with Crippen LogP contribution in [0.25, 0.3) is 0 Å². The molecule has 0 aliphatic carbocycles. The number of esters is 2. The van der Waals surface area contributed by atoms with Gasteiger partial charge in [0.2, 0.25) is 0 Å². The van der Waals surface area contributed by atoms with Crippen molar-refractivity contribution in [2.75, 3.05) is 19.8 Å². The van der Waals surface area contributed by atoms with E-state index in [1.165, 1.54) is 0 Å². The van der Waals surface area contributed by atoms with Gasteiger partial charge in [-0.3, -0.25) is 9.59 Å². The molecular weight excluding hydrogens is 280 g/mol. The van der Waals surface area contributed by atoms with Crippen LogP contribution in [-0.2, 0) is 28.5 Å². The smallest absolute Gasteiger partial charge is 0.462 e. The van der Waals surface area contributed by atoms with E-state index in [-0.39, 0.29) is 38.6 Å². The van der Waals surface area contributed by atoms with E-state index in [9.17, 15) is 14.4 Å². The van der Waals surface area contributed by atoms with E-state index in [1.54, 1.807) is 13.8 Å². The molecular formula is C14H24O7. The monoisotopic (exact) mass is 304 g/mol. The van der Waals surface area contributed by atoms with Crippen LogP contribution in [-0.4, -0.2) is 44.0 Å². The van der Waals surface area contributed by atoms with Crippen molar-refractivity contribution in [2.24, 2.45) is 5.92 Å². The zero-order chi connectivity index (χ0) is 16.3. The number of carbonyl (C=O) groups is 3. The summed E-state index contributed by atoms with van der Waals surface area (Å²) in [6.07, 6.45) is -1.29. The maximum absolute atomic E-state index is 11.3. The van der Waals surface area contributed by atoms with Crippen molar-refractivity contribution in [3.63, 3.8) is 0 Å². The number of ether oxygens (including phenoxy) is 4. The van der Waals surface area contributed by atoms with Gasteiger partial charge in [0, 0.05) is 12.8 Å². The van der Waals surface area contributed by atoms with Gasteiger partial charge in [-0.25, -0.2) is 4.79 Å². The van der Waals surface area contributed by atoms with Crippen molar-refractivity contribution in [1.82, 2.24) is 0 Å². The van der Waals surface area contributed by atoms with Crippen molar-refractivity contribution in [3.05, 3.63) is 0 Å². The van der Waals surface area contributed by atoms with Crippen LogP contribution in [0.15, 0.2) is 0 Å². The van der Waals surface area contributed by atoms with Gasteiger partial charge in [-0.2, -0.15) is 0 Å². The molecule has 0 aliphatic heterocycles. The van der Waals surface area contributed by atoms with E-state index in [4.69, 9.17) is 18.9 Å². The Labute approximate surface area is 124 Å². The Kier molecular flexibility index (Phi) is 10.0. The van der Waals surface area contributed by atoms with E-state index in [2.05, 4.69) is 0 Å². The highest BCUT2D eigenvalue weighted by molar-refractivity contribution is 5.70. The molecule has 0 saturated carbocycles. The highest BCUT2D eigenvalue weighted by atomic mass is 16.7. The van der Waals surface area contributed by atoms with Gasteiger partial charge in [-0.05, 0) is 5.92 Å². The van der Waals surface area contributed by atoms with Crippen molar-refractivity contribution in [1.29, 1.82) is 0 Å². The second-order valence-electron chi connectivity index (χ2n) is 4.77. The molecule has 1 atom stereocenters. The van der Waals surface area contributed by atoms with E-state index in [0.717, 1.165) is 0 Å². The topological polar surface area (TPSA) is 88.1 Å². The predicted molar refractivity (Wildman–Crippen MR) is 73.6 cm³/mol. The van der Waals surface area contributed by atoms with Crippen LogP contribution in [0, 0.1) is 5.92 Å². The van der Waals surface area contributed by atoms with Gasteiger partial charge in [0.25, 0.3) is 0 Å². The highest BCUT2D eigenvalue weighted by Gasteiger charge is 2.19. The average Bonchev–Trinajstić information content (AvgIpc) is 2.46. The third-order valence-electron chi connectivity index (χ3n) is 2.23. The molecule has 0 aromatic carbocycles. The second kappa shape index (κ2) is 10.9. The van der Waals surface area contributed by atoms with Crippen LogP contribution in [0.1, 0.15) is 40.5 Å². The van der Waals surface area contributed by atoms with Gasteiger partial charge in [0.15, 0.2) is 6.10 Å². The first-order chi connectivity index (χ1) is 9.88. The van der Waals surface area contributed by atoms with E-state index < -0.39 is 24.2 Å². The Morgan fingerprint density at radius 2 is 1.33 bits per heavy atom. The molecule has 0 spiro atoms. The molecule has 0 amide bonds. The van der Waals surface area contributed by atoms with E-state index in [1.807, 2.05) is 13.8 Å². The maximum Gasteiger partial charge on any atom is 0.508 e. The van der Waals surface area contributed by atoms with Gasteiger partial charge >= 0.3 is 18.1 Å². The maximum atomic E-state index is 11.3. The lowest BCUT2D eigenvalue weighted by Gasteiger charge is -2.17. The zero-order valence-electron chi connectivity index (χ0n) is 13.0. The molecule has 1 unspecified atom stereocenters. The van der Waals surface area contributed by atoms with E-state index in [0.29, 0.717) is 0 Å². The second-order valence-corrected chi connectivity index (χ2v) is 4.77. The minimum absolute atomic E-state index is 0.157. The van der Waals surface area contributed by atoms with Crippen LogP contribution in [0.5, 0.6) is 0 Å². The number of hydrogen-bond acceptors (Lipinski definition) is 7. The SMILES string of the molecule is CCC(=O)OCC(COC(=O)OCC(C)C)OC(=O)CC. The molecule has 7 nitrogen and oxygen atoms in total. The predicted octanol–water partition coefficient (Wildman–Crippen LogP) is 2.07. The van der Waals surface area contributed by atoms with Crippen LogP contribution in [0.3, 0.4) is 0 Å². The first kappa shape index (κ1) is 19.2. The molecule has 7 heteroatoms. The summed E-state index contributed by atoms with van der Waals surface area (Å²) >= 11 is 0. The van der Waals surface area contributed by atoms with Gasteiger partial charge in [-0.15, -0.1) is 0 Å². The molecule has 0 bridgehead atoms. The van der Waals surface area contributed by atoms with Crippen molar-refractivity contribution in [2.45, 2.75) is 46.6 Å². The van der Waals surface area contributed by atoms with Gasteiger partial charge < -0.3 is 18.9 Å². The molecule has 0 aromatic heterocycles. The number of carbonyl (C=O) groups excluding carboxylic acids is 3. The largest absolute Gasteiger partial charge is 0.508 e. The van der Waals surface area contributed by atoms with Crippen molar-refractivity contribution in [3.8, 4) is 0 Å². The zero-order valence-corrected chi connectivity index (χ0v) is 13.0. The molecule has 0 aromatic rings. The van der Waals surface area contributed by atoms with E-state index >= 15 is 0 Å². The van der Waals surface area contributed by atoms with Crippen LogP contribution in [0.2, 0.25) is 0 Å². The lowest BCUT2D eigenvalue weighted by molar-refractivity contribution is -0.161. The number of rotatable bonds is 9. The summed E-state index contributed by atoms with van der Waals surface area (Å²) in [5, 5.41) is 0. The van der Waals surface area contributed by atoms with Crippen LogP contribution in [0.4, 0.5) is 4.79 Å². The molecule has 0 heterocycles. The molecule has 0 rings (SSSR count). The van der Waals surface area contributed by atoms with Crippen molar-refractivity contribution < 1.29 is 33.3 Å². The van der Waals surface area contributed by atoms with Crippen LogP contribution >= 0.6 is 0 Å². The Morgan fingerprint density at radius 3 is 1.86 bits per heavy atom. The van der Waals surface area contributed by atoms with Crippen LogP contribution < -0.4 is 0 Å². The Morgan fingerprint density at radius 1 is 0.810 bits per heavy atom. The Balaban J connectivity index is 4.22. The molecule has 0 radical (unpaired) electrons. The third-order valence-corrected chi connectivity index (χ3v) is 2.23. The molecule has 0 N–H and O–H groups in total. The lowest BCUT2D eigenvalue weighted by Crippen LogP contribution is -2.31. The lowest BCUT2D eigenvalue weighted by atomic mass is 10.2. The molecule has 122 valence electrons. The summed E-state index contributed by atoms with van der Waals surface area (Å²) in [6, 6.07) is 0. The first-order valence-electron chi connectivity index (χ1n) is 7.03. The highest BCUT2D eigenvalue weighted by Crippen LogP contribution is 2.02. The van der Waals surface area contributed by atoms with Gasteiger partial charge in [0.1, 0.15) is 13.2 Å².